The SMILES string of the molecule is O=c1cnccn1C[C@@H]1CCCN1. The molecule has 1 atom stereocenters. The minimum Gasteiger partial charge on any atom is -0.312 e. The summed E-state index contributed by atoms with van der Waals surface area (Å²) in [6.07, 6.45) is 7.12. The Bertz CT molecular complexity index is 328. The summed E-state index contributed by atoms with van der Waals surface area (Å²) in [6, 6.07) is 0.458. The number of nitrogens with zero attached hydrogens (tertiary/aromatic N) is 2. The van der Waals surface area contributed by atoms with Crippen LogP contribution in [0.1, 0.15) is 12.8 Å². The van der Waals surface area contributed by atoms with Crippen LogP contribution in [0.3, 0.4) is 0 Å². The predicted molar refractivity (Wildman–Crippen MR) is 49.5 cm³/mol. The molecule has 4 nitrogen and oxygen atoms in total. The first-order valence-corrected chi connectivity index (χ1v) is 4.60. The molecule has 0 radical (unpaired) electrons. The van der Waals surface area contributed by atoms with E-state index in [4.69, 9.17) is 0 Å². The van der Waals surface area contributed by atoms with Crippen LogP contribution in [0.2, 0.25) is 0 Å². The number of rotatable bonds is 2. The zero-order chi connectivity index (χ0) is 9.10. The molecule has 1 fully saturated rings. The lowest BCUT2D eigenvalue weighted by molar-refractivity contribution is 0.497. The van der Waals surface area contributed by atoms with Crippen LogP contribution in [0.25, 0.3) is 0 Å². The largest absolute Gasteiger partial charge is 0.312 e. The summed E-state index contributed by atoms with van der Waals surface area (Å²) in [6.45, 7) is 1.84. The first-order valence-electron chi connectivity index (χ1n) is 4.60. The molecular formula is C9H13N3O. The molecule has 0 spiro atoms. The average Bonchev–Trinajstić information content (AvgIpc) is 2.61. The van der Waals surface area contributed by atoms with Crippen molar-refractivity contribution in [3.63, 3.8) is 0 Å². The van der Waals surface area contributed by atoms with Crippen LogP contribution in [0, 0.1) is 0 Å². The third-order valence-electron chi connectivity index (χ3n) is 2.38. The lowest BCUT2D eigenvalue weighted by atomic mass is 10.2. The maximum absolute atomic E-state index is 11.3. The van der Waals surface area contributed by atoms with Crippen LogP contribution >= 0.6 is 0 Å². The van der Waals surface area contributed by atoms with Gasteiger partial charge in [0.25, 0.3) is 5.56 Å². The number of nitrogens with one attached hydrogen (secondary N) is 1. The molecule has 0 amide bonds. The molecule has 1 aromatic rings. The van der Waals surface area contributed by atoms with Gasteiger partial charge in [0.15, 0.2) is 0 Å². The number of hydrogen-bond donors (Lipinski definition) is 1. The summed E-state index contributed by atoms with van der Waals surface area (Å²) in [7, 11) is 0. The smallest absolute Gasteiger partial charge is 0.269 e. The van der Waals surface area contributed by atoms with Gasteiger partial charge in [-0.15, -0.1) is 0 Å². The first-order chi connectivity index (χ1) is 6.36. The van der Waals surface area contributed by atoms with Gasteiger partial charge in [0.2, 0.25) is 0 Å². The van der Waals surface area contributed by atoms with E-state index in [1.165, 1.54) is 12.6 Å². The van der Waals surface area contributed by atoms with E-state index in [1.807, 2.05) is 0 Å². The molecule has 1 N–H and O–H groups in total. The molecular weight excluding hydrogens is 166 g/mol. The third kappa shape index (κ3) is 1.95. The Morgan fingerprint density at radius 1 is 1.69 bits per heavy atom. The predicted octanol–water partition coefficient (Wildman–Crippen LogP) is -0.00470. The van der Waals surface area contributed by atoms with Gasteiger partial charge in [-0.3, -0.25) is 9.78 Å². The van der Waals surface area contributed by atoms with Crippen molar-refractivity contribution < 1.29 is 0 Å². The van der Waals surface area contributed by atoms with Gasteiger partial charge in [-0.2, -0.15) is 0 Å². The van der Waals surface area contributed by atoms with E-state index in [1.54, 1.807) is 17.0 Å². The molecule has 0 saturated carbocycles. The third-order valence-corrected chi connectivity index (χ3v) is 2.38. The fourth-order valence-corrected chi connectivity index (χ4v) is 1.67. The molecule has 1 saturated heterocycles. The Balaban J connectivity index is 2.08. The van der Waals surface area contributed by atoms with Crippen molar-refractivity contribution in [2.45, 2.75) is 25.4 Å². The van der Waals surface area contributed by atoms with Gasteiger partial charge in [0.05, 0.1) is 6.20 Å². The zero-order valence-corrected chi connectivity index (χ0v) is 7.44. The highest BCUT2D eigenvalue weighted by Crippen LogP contribution is 2.05. The van der Waals surface area contributed by atoms with Gasteiger partial charge in [0.1, 0.15) is 0 Å². The average molecular weight is 179 g/mol. The van der Waals surface area contributed by atoms with E-state index in [-0.39, 0.29) is 5.56 Å². The summed E-state index contributed by atoms with van der Waals surface area (Å²) in [5.74, 6) is 0. The Morgan fingerprint density at radius 3 is 3.31 bits per heavy atom. The van der Waals surface area contributed by atoms with Crippen molar-refractivity contribution in [3.05, 3.63) is 28.9 Å². The van der Waals surface area contributed by atoms with Crippen LogP contribution in [0.4, 0.5) is 0 Å². The molecule has 0 aliphatic carbocycles. The fraction of sp³-hybridized carbons (Fsp3) is 0.556. The standard InChI is InChI=1S/C9H13N3O/c13-9-6-10-4-5-12(9)7-8-2-1-3-11-8/h4-6,8,11H,1-3,7H2/t8-/m0/s1. The van der Waals surface area contributed by atoms with E-state index in [9.17, 15) is 4.79 Å². The maximum Gasteiger partial charge on any atom is 0.269 e. The van der Waals surface area contributed by atoms with Gasteiger partial charge in [-0.25, -0.2) is 0 Å². The summed E-state index contributed by atoms with van der Waals surface area (Å²) in [5, 5.41) is 3.35. The van der Waals surface area contributed by atoms with Crippen LogP contribution in [0.15, 0.2) is 23.4 Å². The summed E-state index contributed by atoms with van der Waals surface area (Å²) in [5.41, 5.74) is -0.0174. The zero-order valence-electron chi connectivity index (χ0n) is 7.44. The Hall–Kier alpha value is -1.16. The quantitative estimate of drug-likeness (QED) is 0.695. The van der Waals surface area contributed by atoms with Crippen LogP contribution in [0.5, 0.6) is 0 Å². The molecule has 13 heavy (non-hydrogen) atoms. The molecule has 1 aliphatic rings. The highest BCUT2D eigenvalue weighted by Gasteiger charge is 2.14. The van der Waals surface area contributed by atoms with E-state index >= 15 is 0 Å². The Kier molecular flexibility index (Phi) is 2.40. The minimum absolute atomic E-state index is 0.0174. The first kappa shape index (κ1) is 8.44. The van der Waals surface area contributed by atoms with Crippen LogP contribution in [-0.2, 0) is 6.54 Å². The second kappa shape index (κ2) is 3.70. The maximum atomic E-state index is 11.3. The number of aromatic nitrogens is 2. The van der Waals surface area contributed by atoms with Crippen molar-refractivity contribution in [3.8, 4) is 0 Å². The molecule has 0 aromatic carbocycles. The van der Waals surface area contributed by atoms with Crippen molar-refractivity contribution in [2.24, 2.45) is 0 Å². The molecule has 2 heterocycles. The van der Waals surface area contributed by atoms with E-state index in [2.05, 4.69) is 10.3 Å². The Morgan fingerprint density at radius 2 is 2.62 bits per heavy atom. The monoisotopic (exact) mass is 179 g/mol. The van der Waals surface area contributed by atoms with Gasteiger partial charge >= 0.3 is 0 Å². The topological polar surface area (TPSA) is 46.9 Å². The van der Waals surface area contributed by atoms with E-state index in [0.717, 1.165) is 19.5 Å². The minimum atomic E-state index is -0.0174. The van der Waals surface area contributed by atoms with Crippen LogP contribution in [-0.4, -0.2) is 22.1 Å². The van der Waals surface area contributed by atoms with Crippen molar-refractivity contribution >= 4 is 0 Å². The lowest BCUT2D eigenvalue weighted by Gasteiger charge is -2.11. The fourth-order valence-electron chi connectivity index (χ4n) is 1.67. The van der Waals surface area contributed by atoms with Gasteiger partial charge < -0.3 is 9.88 Å². The molecule has 4 heteroatoms. The van der Waals surface area contributed by atoms with Crippen LogP contribution < -0.4 is 10.9 Å². The lowest BCUT2D eigenvalue weighted by Crippen LogP contribution is -2.31. The second-order valence-electron chi connectivity index (χ2n) is 3.36. The highest BCUT2D eigenvalue weighted by molar-refractivity contribution is 4.83. The van der Waals surface area contributed by atoms with Gasteiger partial charge in [-0.1, -0.05) is 0 Å². The molecule has 1 aromatic heterocycles. The molecule has 70 valence electrons. The molecule has 1 aliphatic heterocycles. The van der Waals surface area contributed by atoms with Crippen molar-refractivity contribution in [1.82, 2.24) is 14.9 Å². The summed E-state index contributed by atoms with van der Waals surface area (Å²) in [4.78, 5) is 15.0. The number of hydrogen-bond acceptors (Lipinski definition) is 3. The molecule has 0 bridgehead atoms. The second-order valence-corrected chi connectivity index (χ2v) is 3.36. The Labute approximate surface area is 76.6 Å². The molecule has 2 rings (SSSR count). The molecule has 0 unspecified atom stereocenters. The van der Waals surface area contributed by atoms with Gasteiger partial charge in [0, 0.05) is 25.0 Å². The van der Waals surface area contributed by atoms with Crippen molar-refractivity contribution in [1.29, 1.82) is 0 Å². The summed E-state index contributed by atoms with van der Waals surface area (Å²) >= 11 is 0. The summed E-state index contributed by atoms with van der Waals surface area (Å²) < 4.78 is 1.70. The van der Waals surface area contributed by atoms with E-state index < -0.39 is 0 Å². The van der Waals surface area contributed by atoms with Gasteiger partial charge in [-0.05, 0) is 19.4 Å². The normalized spacial score (nSPS) is 22.0. The van der Waals surface area contributed by atoms with E-state index in [0.29, 0.717) is 6.04 Å². The van der Waals surface area contributed by atoms with Crippen molar-refractivity contribution in [2.75, 3.05) is 6.54 Å². The highest BCUT2D eigenvalue weighted by atomic mass is 16.1.